The van der Waals surface area contributed by atoms with Crippen LogP contribution in [0.3, 0.4) is 0 Å². The molecule has 5 nitrogen and oxygen atoms in total. The zero-order valence-electron chi connectivity index (χ0n) is 38.8. The third kappa shape index (κ3) is 46.5. The van der Waals surface area contributed by atoms with Crippen molar-refractivity contribution in [3.05, 3.63) is 48.6 Å². The molecule has 0 bridgehead atoms. The van der Waals surface area contributed by atoms with E-state index in [1.165, 1.54) is 154 Å². The summed E-state index contributed by atoms with van der Waals surface area (Å²) < 4.78 is 17.4. The summed E-state index contributed by atoms with van der Waals surface area (Å²) in [5.74, 6) is -0.410. The van der Waals surface area contributed by atoms with Gasteiger partial charge in [-0.25, -0.2) is 0 Å². The highest BCUT2D eigenvalue weighted by molar-refractivity contribution is 5.70. The lowest BCUT2D eigenvalue weighted by Crippen LogP contribution is -2.30. The smallest absolute Gasteiger partial charge is 0.306 e. The van der Waals surface area contributed by atoms with E-state index in [0.717, 1.165) is 64.2 Å². The van der Waals surface area contributed by atoms with Crippen LogP contribution in [0.25, 0.3) is 0 Å². The summed E-state index contributed by atoms with van der Waals surface area (Å²) in [6.07, 6.45) is 59.7. The van der Waals surface area contributed by atoms with Gasteiger partial charge in [-0.15, -0.1) is 0 Å². The third-order valence-corrected chi connectivity index (χ3v) is 10.8. The number of rotatable bonds is 46. The maximum absolute atomic E-state index is 12.7. The molecule has 58 heavy (non-hydrogen) atoms. The number of esters is 2. The van der Waals surface area contributed by atoms with Gasteiger partial charge in [0.15, 0.2) is 6.10 Å². The minimum atomic E-state index is -0.541. The number of hydrogen-bond acceptors (Lipinski definition) is 5. The van der Waals surface area contributed by atoms with Crippen LogP contribution in [-0.2, 0) is 23.8 Å². The monoisotopic (exact) mass is 813 g/mol. The lowest BCUT2D eigenvalue weighted by Gasteiger charge is -2.18. The maximum atomic E-state index is 12.7. The number of unbranched alkanes of at least 4 members (excludes halogenated alkanes) is 27. The predicted octanol–water partition coefficient (Wildman–Crippen LogP) is 16.8. The second-order valence-corrected chi connectivity index (χ2v) is 16.7. The topological polar surface area (TPSA) is 61.8 Å². The molecule has 5 heteroatoms. The summed E-state index contributed by atoms with van der Waals surface area (Å²) in [7, 11) is 0. The largest absolute Gasteiger partial charge is 0.462 e. The predicted molar refractivity (Wildman–Crippen MR) is 251 cm³/mol. The molecule has 0 N–H and O–H groups in total. The Kier molecular flexibility index (Phi) is 47.4. The van der Waals surface area contributed by atoms with E-state index in [4.69, 9.17) is 14.2 Å². The molecule has 1 unspecified atom stereocenters. The highest BCUT2D eigenvalue weighted by Gasteiger charge is 2.17. The Balaban J connectivity index is 4.24. The molecule has 1 atom stereocenters. The zero-order chi connectivity index (χ0) is 42.1. The minimum absolute atomic E-state index is 0.0781. The van der Waals surface area contributed by atoms with Crippen molar-refractivity contribution in [2.45, 2.75) is 258 Å². The number of carbonyl (C=O) groups excluding carboxylic acids is 2. The van der Waals surface area contributed by atoms with Crippen molar-refractivity contribution in [3.8, 4) is 0 Å². The first-order valence-corrected chi connectivity index (χ1v) is 25.2. The zero-order valence-corrected chi connectivity index (χ0v) is 38.8. The highest BCUT2D eigenvalue weighted by Crippen LogP contribution is 2.14. The fourth-order valence-electron chi connectivity index (χ4n) is 7.05. The van der Waals surface area contributed by atoms with Gasteiger partial charge in [0, 0.05) is 19.4 Å². The molecule has 0 spiro atoms. The van der Waals surface area contributed by atoms with Crippen LogP contribution in [0.1, 0.15) is 252 Å². The maximum Gasteiger partial charge on any atom is 0.306 e. The molecule has 0 aliphatic heterocycles. The molecular formula is C53H96O5. The summed E-state index contributed by atoms with van der Waals surface area (Å²) >= 11 is 0. The summed E-state index contributed by atoms with van der Waals surface area (Å²) in [5.41, 5.74) is 0. The van der Waals surface area contributed by atoms with E-state index in [-0.39, 0.29) is 25.2 Å². The van der Waals surface area contributed by atoms with Crippen molar-refractivity contribution in [2.24, 2.45) is 0 Å². The molecule has 0 aliphatic carbocycles. The summed E-state index contributed by atoms with van der Waals surface area (Å²) in [5, 5.41) is 0. The van der Waals surface area contributed by atoms with Gasteiger partial charge in [0.1, 0.15) is 6.61 Å². The van der Waals surface area contributed by atoms with Gasteiger partial charge >= 0.3 is 11.9 Å². The first kappa shape index (κ1) is 55.9. The molecule has 338 valence electrons. The summed E-state index contributed by atoms with van der Waals surface area (Å²) in [6.45, 7) is 7.73. The fourth-order valence-corrected chi connectivity index (χ4v) is 7.05. The number of allylic oxidation sites excluding steroid dienone is 8. The van der Waals surface area contributed by atoms with Gasteiger partial charge in [0.2, 0.25) is 0 Å². The lowest BCUT2D eigenvalue weighted by atomic mass is 10.1. The van der Waals surface area contributed by atoms with Crippen molar-refractivity contribution in [3.63, 3.8) is 0 Å². The standard InChI is InChI=1S/C53H96O5/c1-4-7-10-13-16-19-22-24-25-26-27-28-30-33-36-39-42-45-48-56-49-51(58-53(55)47-44-41-38-35-31-21-18-15-12-9-6-3)50-57-52(54)46-43-40-37-34-32-29-23-20-17-14-11-8-5-2/h11,14,16,19-20,23-25,51H,4-10,12-13,15,17-18,21-22,26-50H2,1-3H3/b14-11-,19-16-,23-20-,25-24-. The molecule has 0 fully saturated rings. The van der Waals surface area contributed by atoms with E-state index >= 15 is 0 Å². The highest BCUT2D eigenvalue weighted by atomic mass is 16.6. The molecule has 0 amide bonds. The lowest BCUT2D eigenvalue weighted by molar-refractivity contribution is -0.163. The van der Waals surface area contributed by atoms with Gasteiger partial charge in [-0.1, -0.05) is 211 Å². The molecule has 0 aliphatic rings. The van der Waals surface area contributed by atoms with Crippen LogP contribution in [0.5, 0.6) is 0 Å². The average Bonchev–Trinajstić information content (AvgIpc) is 3.22. The quantitative estimate of drug-likeness (QED) is 0.0348. The molecule has 0 aromatic rings. The molecule has 0 radical (unpaired) electrons. The number of hydrogen-bond donors (Lipinski definition) is 0. The summed E-state index contributed by atoms with van der Waals surface area (Å²) in [4.78, 5) is 25.3. The van der Waals surface area contributed by atoms with Crippen LogP contribution in [0.2, 0.25) is 0 Å². The van der Waals surface area contributed by atoms with E-state index < -0.39 is 6.10 Å². The van der Waals surface area contributed by atoms with E-state index in [2.05, 4.69) is 69.4 Å². The molecule has 0 heterocycles. The molecule has 0 aromatic carbocycles. The Bertz CT molecular complexity index is 966. The number of carbonyl (C=O) groups is 2. The van der Waals surface area contributed by atoms with E-state index in [9.17, 15) is 9.59 Å². The third-order valence-electron chi connectivity index (χ3n) is 10.8. The molecule has 0 saturated heterocycles. The van der Waals surface area contributed by atoms with Crippen molar-refractivity contribution in [1.82, 2.24) is 0 Å². The van der Waals surface area contributed by atoms with Crippen LogP contribution in [0, 0.1) is 0 Å². The molecule has 0 aromatic heterocycles. The molecule has 0 saturated carbocycles. The number of ether oxygens (including phenoxy) is 3. The first-order valence-electron chi connectivity index (χ1n) is 25.2. The van der Waals surface area contributed by atoms with E-state index in [1.54, 1.807) is 0 Å². The van der Waals surface area contributed by atoms with Crippen LogP contribution in [-0.4, -0.2) is 37.9 Å². The van der Waals surface area contributed by atoms with Crippen molar-refractivity contribution >= 4 is 11.9 Å². The van der Waals surface area contributed by atoms with E-state index in [1.807, 2.05) is 0 Å². The first-order chi connectivity index (χ1) is 28.6. The Morgan fingerprint density at radius 3 is 1.24 bits per heavy atom. The van der Waals surface area contributed by atoms with E-state index in [0.29, 0.717) is 19.4 Å². The average molecular weight is 813 g/mol. The molecular weight excluding hydrogens is 717 g/mol. The van der Waals surface area contributed by atoms with Gasteiger partial charge in [-0.05, 0) is 77.0 Å². The van der Waals surface area contributed by atoms with Crippen LogP contribution >= 0.6 is 0 Å². The Labute approximate surface area is 361 Å². The van der Waals surface area contributed by atoms with Gasteiger partial charge in [0.25, 0.3) is 0 Å². The van der Waals surface area contributed by atoms with Gasteiger partial charge in [0.05, 0.1) is 6.61 Å². The fraction of sp³-hybridized carbons (Fsp3) is 0.811. The van der Waals surface area contributed by atoms with Crippen molar-refractivity contribution in [1.29, 1.82) is 0 Å². The SMILES string of the molecule is CCC/C=C\C/C=C\CCCCCCCC(=O)OCC(COCCCCCCCCCC/C=C\C/C=C\CCCCC)OC(=O)CCCCCCCCCCCCC. The second-order valence-electron chi connectivity index (χ2n) is 16.7. The van der Waals surface area contributed by atoms with Crippen LogP contribution in [0.15, 0.2) is 48.6 Å². The summed E-state index contributed by atoms with van der Waals surface area (Å²) in [6, 6.07) is 0. The minimum Gasteiger partial charge on any atom is -0.462 e. The van der Waals surface area contributed by atoms with Gasteiger partial charge in [-0.3, -0.25) is 9.59 Å². The normalized spacial score (nSPS) is 12.5. The Hall–Kier alpha value is -2.14. The van der Waals surface area contributed by atoms with Crippen LogP contribution in [0.4, 0.5) is 0 Å². The van der Waals surface area contributed by atoms with Gasteiger partial charge in [-0.2, -0.15) is 0 Å². The Morgan fingerprint density at radius 2 is 0.759 bits per heavy atom. The van der Waals surface area contributed by atoms with Gasteiger partial charge < -0.3 is 14.2 Å². The second kappa shape index (κ2) is 49.2. The molecule has 0 rings (SSSR count). The van der Waals surface area contributed by atoms with Crippen molar-refractivity contribution < 1.29 is 23.8 Å². The van der Waals surface area contributed by atoms with Crippen LogP contribution < -0.4 is 0 Å². The Morgan fingerprint density at radius 1 is 0.379 bits per heavy atom. The van der Waals surface area contributed by atoms with Crippen molar-refractivity contribution in [2.75, 3.05) is 19.8 Å².